The van der Waals surface area contributed by atoms with Crippen LogP contribution in [0.25, 0.3) is 21.9 Å². The van der Waals surface area contributed by atoms with Crippen LogP contribution in [-0.2, 0) is 12.7 Å². The highest BCUT2D eigenvalue weighted by Crippen LogP contribution is 2.43. The molecule has 12 heteroatoms. The number of alkyl halides is 3. The highest BCUT2D eigenvalue weighted by atomic mass is 32.2. The van der Waals surface area contributed by atoms with Crippen molar-refractivity contribution >= 4 is 33.6 Å². The van der Waals surface area contributed by atoms with E-state index < -0.39 is 33.6 Å². The van der Waals surface area contributed by atoms with Crippen LogP contribution in [0.15, 0.2) is 84.5 Å². The second-order valence-corrected chi connectivity index (χ2v) is 9.88. The SMILES string of the molecule is COc1ccc(Cn2c(=O)c3c(O)c(Sc4ccccc4C(F)(F)F)c(=O)oc3c3cc(OC)c(OC)cc32)cc1. The van der Waals surface area contributed by atoms with E-state index in [1.165, 1.54) is 50.2 Å². The molecule has 5 aromatic rings. The molecular weight excluding hydrogens is 563 g/mol. The summed E-state index contributed by atoms with van der Waals surface area (Å²) in [6.45, 7) is 0.0305. The van der Waals surface area contributed by atoms with Crippen molar-refractivity contribution in [3.8, 4) is 23.0 Å². The number of benzene rings is 3. The van der Waals surface area contributed by atoms with Gasteiger partial charge in [0.25, 0.3) is 5.56 Å². The van der Waals surface area contributed by atoms with Crippen LogP contribution in [-0.4, -0.2) is 31.0 Å². The fourth-order valence-corrected chi connectivity index (χ4v) is 5.46. The number of pyridine rings is 1. The summed E-state index contributed by atoms with van der Waals surface area (Å²) in [5.74, 6) is 0.375. The van der Waals surface area contributed by atoms with Gasteiger partial charge in [-0.25, -0.2) is 4.79 Å². The van der Waals surface area contributed by atoms with Crippen LogP contribution < -0.4 is 25.4 Å². The average Bonchev–Trinajstić information content (AvgIpc) is 2.96. The zero-order valence-corrected chi connectivity index (χ0v) is 22.7. The van der Waals surface area contributed by atoms with Gasteiger partial charge >= 0.3 is 11.8 Å². The average molecular weight is 586 g/mol. The molecule has 0 unspecified atom stereocenters. The first-order valence-electron chi connectivity index (χ1n) is 12.0. The fourth-order valence-electron chi connectivity index (χ4n) is 4.47. The quantitative estimate of drug-likeness (QED) is 0.230. The second-order valence-electron chi connectivity index (χ2n) is 8.83. The van der Waals surface area contributed by atoms with Gasteiger partial charge < -0.3 is 28.3 Å². The normalized spacial score (nSPS) is 11.7. The van der Waals surface area contributed by atoms with E-state index in [9.17, 15) is 27.9 Å². The third-order valence-corrected chi connectivity index (χ3v) is 7.60. The highest BCUT2D eigenvalue weighted by molar-refractivity contribution is 7.99. The first kappa shape index (κ1) is 28.0. The number of nitrogens with zero attached hydrogens (tertiary/aromatic N) is 1. The molecule has 41 heavy (non-hydrogen) atoms. The number of aromatic hydroxyl groups is 1. The Labute approximate surface area is 234 Å². The maximum absolute atomic E-state index is 13.9. The van der Waals surface area contributed by atoms with Gasteiger partial charge in [0, 0.05) is 16.3 Å². The zero-order valence-electron chi connectivity index (χ0n) is 21.9. The lowest BCUT2D eigenvalue weighted by atomic mass is 10.1. The van der Waals surface area contributed by atoms with Crippen LogP contribution in [0.4, 0.5) is 13.2 Å². The molecule has 2 heterocycles. The van der Waals surface area contributed by atoms with Crippen LogP contribution in [0.2, 0.25) is 0 Å². The molecule has 8 nitrogen and oxygen atoms in total. The largest absolute Gasteiger partial charge is 0.505 e. The predicted octanol–water partition coefficient (Wildman–Crippen LogP) is 6.06. The summed E-state index contributed by atoms with van der Waals surface area (Å²) in [5.41, 5.74) is -2.08. The minimum atomic E-state index is -4.72. The van der Waals surface area contributed by atoms with Gasteiger partial charge in [-0.2, -0.15) is 13.2 Å². The molecule has 0 bridgehead atoms. The molecule has 0 aliphatic heterocycles. The molecule has 3 aromatic carbocycles. The summed E-state index contributed by atoms with van der Waals surface area (Å²) in [6, 6.07) is 14.6. The lowest BCUT2D eigenvalue weighted by Gasteiger charge is -2.17. The van der Waals surface area contributed by atoms with Gasteiger partial charge in [0.05, 0.1) is 39.0 Å². The van der Waals surface area contributed by atoms with Crippen LogP contribution in [0, 0.1) is 0 Å². The molecule has 0 amide bonds. The smallest absolute Gasteiger partial charge is 0.417 e. The van der Waals surface area contributed by atoms with E-state index >= 15 is 0 Å². The minimum Gasteiger partial charge on any atom is -0.505 e. The van der Waals surface area contributed by atoms with Crippen molar-refractivity contribution in [3.05, 3.63) is 92.6 Å². The Morgan fingerprint density at radius 2 is 1.59 bits per heavy atom. The minimum absolute atomic E-state index is 0.0305. The van der Waals surface area contributed by atoms with Gasteiger partial charge in [-0.3, -0.25) is 4.79 Å². The Balaban J connectivity index is 1.81. The molecule has 0 atom stereocenters. The Kier molecular flexibility index (Phi) is 7.35. The predicted molar refractivity (Wildman–Crippen MR) is 147 cm³/mol. The first-order chi connectivity index (χ1) is 19.6. The van der Waals surface area contributed by atoms with Gasteiger partial charge in [-0.1, -0.05) is 36.0 Å². The van der Waals surface area contributed by atoms with E-state index in [0.29, 0.717) is 34.3 Å². The molecule has 0 saturated heterocycles. The number of fused-ring (bicyclic) bond motifs is 3. The van der Waals surface area contributed by atoms with E-state index in [2.05, 4.69) is 0 Å². The highest BCUT2D eigenvalue weighted by Gasteiger charge is 2.34. The van der Waals surface area contributed by atoms with Crippen LogP contribution >= 0.6 is 11.8 Å². The number of halogens is 3. The molecule has 212 valence electrons. The maximum Gasteiger partial charge on any atom is 0.417 e. The second kappa shape index (κ2) is 10.8. The number of hydrogen-bond acceptors (Lipinski definition) is 8. The molecule has 0 aliphatic rings. The third kappa shape index (κ3) is 5.06. The van der Waals surface area contributed by atoms with E-state index in [1.807, 2.05) is 0 Å². The first-order valence-corrected chi connectivity index (χ1v) is 12.8. The van der Waals surface area contributed by atoms with E-state index in [-0.39, 0.29) is 33.5 Å². The third-order valence-electron chi connectivity index (χ3n) is 6.46. The van der Waals surface area contributed by atoms with Crippen molar-refractivity contribution in [1.29, 1.82) is 0 Å². The monoisotopic (exact) mass is 585 g/mol. The Bertz CT molecular complexity index is 1900. The number of methoxy groups -OCH3 is 3. The number of hydrogen-bond donors (Lipinski definition) is 1. The zero-order chi connectivity index (χ0) is 29.5. The standard InChI is InChI=1S/C29H22F3NO7S/c1-37-16-10-8-15(9-11-16)14-33-19-13-21(39-3)20(38-2)12-17(19)25-23(27(33)35)24(34)26(28(36)40-25)41-22-7-5-4-6-18(22)29(30,31)32/h4-13,34H,14H2,1-3H3. The van der Waals surface area contributed by atoms with E-state index in [4.69, 9.17) is 18.6 Å². The Morgan fingerprint density at radius 3 is 2.22 bits per heavy atom. The van der Waals surface area contributed by atoms with Crippen molar-refractivity contribution < 1.29 is 36.9 Å². The van der Waals surface area contributed by atoms with E-state index in [0.717, 1.165) is 12.1 Å². The van der Waals surface area contributed by atoms with Crippen LogP contribution in [0.1, 0.15) is 11.1 Å². The van der Waals surface area contributed by atoms with Crippen LogP contribution in [0.5, 0.6) is 23.0 Å². The van der Waals surface area contributed by atoms with Crippen molar-refractivity contribution in [2.45, 2.75) is 22.5 Å². The summed E-state index contributed by atoms with van der Waals surface area (Å²) in [5, 5.41) is 11.1. The number of rotatable bonds is 7. The Hall–Kier alpha value is -4.58. The molecule has 2 aromatic heterocycles. The lowest BCUT2D eigenvalue weighted by molar-refractivity contribution is -0.139. The maximum atomic E-state index is 13.9. The van der Waals surface area contributed by atoms with Crippen molar-refractivity contribution in [1.82, 2.24) is 4.57 Å². The topological polar surface area (TPSA) is 100 Å². The summed E-state index contributed by atoms with van der Waals surface area (Å²) in [4.78, 5) is 26.1. The van der Waals surface area contributed by atoms with Gasteiger partial charge in [-0.15, -0.1) is 0 Å². The molecule has 0 saturated carbocycles. The van der Waals surface area contributed by atoms with Crippen molar-refractivity contribution in [2.75, 3.05) is 21.3 Å². The summed E-state index contributed by atoms with van der Waals surface area (Å²) in [6.07, 6.45) is -4.72. The van der Waals surface area contributed by atoms with Crippen molar-refractivity contribution in [2.24, 2.45) is 0 Å². The molecule has 0 spiro atoms. The van der Waals surface area contributed by atoms with Crippen LogP contribution in [0.3, 0.4) is 0 Å². The van der Waals surface area contributed by atoms with Gasteiger partial charge in [-0.05, 0) is 35.9 Å². The summed E-state index contributed by atoms with van der Waals surface area (Å²) in [7, 11) is 4.35. The number of ether oxygens (including phenoxy) is 3. The number of aromatic nitrogens is 1. The molecule has 1 N–H and O–H groups in total. The molecule has 0 aliphatic carbocycles. The molecular formula is C29H22F3NO7S. The fraction of sp³-hybridized carbons (Fsp3) is 0.172. The lowest BCUT2D eigenvalue weighted by Crippen LogP contribution is -2.23. The van der Waals surface area contributed by atoms with Crippen molar-refractivity contribution in [3.63, 3.8) is 0 Å². The van der Waals surface area contributed by atoms with Gasteiger partial charge in [0.15, 0.2) is 22.8 Å². The van der Waals surface area contributed by atoms with Gasteiger partial charge in [0.1, 0.15) is 16.0 Å². The molecule has 5 rings (SSSR count). The Morgan fingerprint density at radius 1 is 0.927 bits per heavy atom. The molecule has 0 radical (unpaired) electrons. The molecule has 0 fully saturated rings. The summed E-state index contributed by atoms with van der Waals surface area (Å²) < 4.78 is 63.8. The van der Waals surface area contributed by atoms with E-state index in [1.54, 1.807) is 24.3 Å². The summed E-state index contributed by atoms with van der Waals surface area (Å²) >= 11 is 0.368. The van der Waals surface area contributed by atoms with Gasteiger partial charge in [0.2, 0.25) is 0 Å².